The second-order valence-corrected chi connectivity index (χ2v) is 0. The summed E-state index contributed by atoms with van der Waals surface area (Å²) in [5.74, 6) is 0. The molecule has 0 atom stereocenters. The number of rotatable bonds is 0. The first-order valence-electron chi connectivity index (χ1n) is 0. The molecule has 34 valence electrons. The molecule has 0 aliphatic heterocycles. The molecule has 0 aliphatic carbocycles. The molecule has 0 fully saturated rings. The van der Waals surface area contributed by atoms with Crippen LogP contribution in [0.3, 0.4) is 0 Å². The van der Waals surface area contributed by atoms with Crippen LogP contribution in [0.1, 0.15) is 0 Å². The third kappa shape index (κ3) is 83.8. The first kappa shape index (κ1) is 1890. The molecule has 0 aromatic rings. The van der Waals surface area contributed by atoms with Crippen LogP contribution in [0.2, 0.25) is 0 Å². The number of hydrogen-bond donors (Lipinski definition) is 0. The molecular formula is CfCl3-3. The van der Waals surface area contributed by atoms with Gasteiger partial charge in [-0.1, -0.05) is 0 Å². The van der Waals surface area contributed by atoms with E-state index in [1.807, 2.05) is 0 Å². The van der Waals surface area contributed by atoms with Crippen molar-refractivity contribution in [2.75, 3.05) is 0 Å². The van der Waals surface area contributed by atoms with Gasteiger partial charge in [0.15, 0.2) is 0 Å². The fourth-order valence-electron chi connectivity index (χ4n) is 0. The Labute approximate surface area is 37.8 Å². The van der Waals surface area contributed by atoms with E-state index in [2.05, 4.69) is 0 Å². The Bertz CT molecular complexity index is 3.25. The van der Waals surface area contributed by atoms with Crippen molar-refractivity contribution in [1.29, 1.82) is 0 Å². The molecule has 0 bridgehead atoms. The topological polar surface area (TPSA) is 0 Å². The van der Waals surface area contributed by atoms with E-state index in [0.717, 1.165) is 0 Å². The van der Waals surface area contributed by atoms with Crippen LogP contribution >= 0.6 is 0 Å². The Morgan fingerprint density at radius 3 is 0.500 bits per heavy atom. The minimum Gasteiger partial charge on any atom is -1.00 e. The minimum atomic E-state index is 0. The standard InChI is InChI=1S/Cf.3ClH/h;3*1H/p-3. The predicted octanol–water partition coefficient (Wildman–Crippen LogP) is -8.99. The second-order valence-electron chi connectivity index (χ2n) is 0. The van der Waals surface area contributed by atoms with Crippen LogP contribution in [0.4, 0.5) is 0 Å². The van der Waals surface area contributed by atoms with E-state index >= 15 is 0 Å². The SMILES string of the molecule is [Cf].[Cl-].[Cl-].[Cl-]. The predicted molar refractivity (Wildman–Crippen MR) is 0 cm³/mol. The third-order valence-electron chi connectivity index (χ3n) is 0. The summed E-state index contributed by atoms with van der Waals surface area (Å²) in [6.45, 7) is 0. The van der Waals surface area contributed by atoms with Crippen LogP contribution in [-0.4, -0.2) is 0 Å². The van der Waals surface area contributed by atoms with E-state index in [9.17, 15) is 0 Å². The van der Waals surface area contributed by atoms with Crippen molar-refractivity contribution in [3.8, 4) is 0 Å². The van der Waals surface area contributed by atoms with Crippen LogP contribution in [0.25, 0.3) is 0 Å². The molecule has 0 rings (SSSR count). The molecule has 0 saturated heterocycles. The summed E-state index contributed by atoms with van der Waals surface area (Å²) >= 11 is 0. The van der Waals surface area contributed by atoms with Gasteiger partial charge in [0.2, 0.25) is 0 Å². The summed E-state index contributed by atoms with van der Waals surface area (Å²) in [4.78, 5) is 0. The fourth-order valence-corrected chi connectivity index (χ4v) is 0. The zero-order valence-electron chi connectivity index (χ0n) is 1.45. The normalized spacial score (nSPS) is 0. The second kappa shape index (κ2) is 594. The van der Waals surface area contributed by atoms with Gasteiger partial charge >= 0.3 is 0 Å². The molecule has 0 aromatic heterocycles. The summed E-state index contributed by atoms with van der Waals surface area (Å²) in [5.41, 5.74) is 0. The van der Waals surface area contributed by atoms with E-state index in [4.69, 9.17) is 0 Å². The van der Waals surface area contributed by atoms with Gasteiger partial charge in [-0.05, 0) is 0 Å². The molecule has 0 aromatic carbocycles. The Hall–Kier alpha value is -0.130. The molecule has 0 spiro atoms. The molecule has 0 heterocycles. The first-order valence-corrected chi connectivity index (χ1v) is 0. The van der Waals surface area contributed by atoms with Crippen molar-refractivity contribution in [2.45, 2.75) is 0 Å². The zero-order chi connectivity index (χ0) is 0. The van der Waals surface area contributed by atoms with Crippen molar-refractivity contribution in [2.24, 2.45) is 0 Å². The number of hydrogen-bond acceptors (Lipinski definition) is 0. The molecule has 0 saturated carbocycles. The maximum atomic E-state index is 0. The van der Waals surface area contributed by atoms with E-state index in [-0.39, 0.29) is 37.2 Å². The van der Waals surface area contributed by atoms with E-state index in [0.29, 0.717) is 0 Å². The van der Waals surface area contributed by atoms with Crippen molar-refractivity contribution < 1.29 is 37.2 Å². The third-order valence-corrected chi connectivity index (χ3v) is 0. The van der Waals surface area contributed by atoms with Crippen LogP contribution in [0.15, 0.2) is 0 Å². The van der Waals surface area contributed by atoms with Gasteiger partial charge in [-0.3, -0.25) is 0 Å². The summed E-state index contributed by atoms with van der Waals surface area (Å²) in [5, 5.41) is 0. The van der Waals surface area contributed by atoms with Gasteiger partial charge in [-0.15, -0.1) is 0 Å². The molecule has 0 unspecified atom stereocenters. The van der Waals surface area contributed by atoms with Gasteiger partial charge in [0.05, 0.1) is 0 Å². The van der Waals surface area contributed by atoms with Crippen LogP contribution in [0.5, 0.6) is 0 Å². The zero-order valence-corrected chi connectivity index (χ0v) is 6.35. The molecule has 0 N–H and O–H groups in total. The quantitative estimate of drug-likeness (QED) is 0.404. The average molecular weight is 357 g/mol. The average Bonchev–Trinajstić information content (AvgIpc) is 0. The van der Waals surface area contributed by atoms with E-state index in [1.54, 1.807) is 0 Å². The molecular weight excluding hydrogens is 357 g/mol. The Balaban J connectivity index is 0. The van der Waals surface area contributed by atoms with Gasteiger partial charge in [-0.25, -0.2) is 0 Å². The molecule has 0 amide bonds. The van der Waals surface area contributed by atoms with Gasteiger partial charge < -0.3 is 37.2 Å². The maximum absolute atomic E-state index is 0. The minimum absolute atomic E-state index is 0. The van der Waals surface area contributed by atoms with Crippen molar-refractivity contribution in [1.82, 2.24) is 0 Å². The maximum Gasteiger partial charge on any atom is 0 e. The Morgan fingerprint density at radius 1 is 0.500 bits per heavy atom. The fraction of sp³-hybridized carbons (Fsp3) is 0. The van der Waals surface area contributed by atoms with Gasteiger partial charge in [-0.2, -0.15) is 0 Å². The smallest absolute Gasteiger partial charge is 0 e. The van der Waals surface area contributed by atoms with Gasteiger partial charge in [0.25, 0.3) is 0 Å². The summed E-state index contributed by atoms with van der Waals surface area (Å²) in [6.07, 6.45) is 0. The Morgan fingerprint density at radius 2 is 0.500 bits per heavy atom. The van der Waals surface area contributed by atoms with Crippen molar-refractivity contribution in [3.63, 3.8) is 0 Å². The van der Waals surface area contributed by atoms with Gasteiger partial charge in [0, 0.05) is 0 Å². The molecule has 0 aliphatic rings. The summed E-state index contributed by atoms with van der Waals surface area (Å²) < 4.78 is 0. The van der Waals surface area contributed by atoms with Gasteiger partial charge in [0.1, 0.15) is 0 Å². The first-order chi connectivity index (χ1) is 0. The molecule has 0 radical (unpaired) electrons. The summed E-state index contributed by atoms with van der Waals surface area (Å²) in [7, 11) is 0. The van der Waals surface area contributed by atoms with Crippen LogP contribution < -0.4 is 37.2 Å². The van der Waals surface area contributed by atoms with E-state index < -0.39 is 0 Å². The molecule has 4 heteroatoms. The van der Waals surface area contributed by atoms with Crippen LogP contribution in [-0.2, 0) is 0 Å². The van der Waals surface area contributed by atoms with Crippen LogP contribution in [0, 0.1) is 0 Å². The number of halogens is 3. The molecule has 4 heavy (non-hydrogen) atoms. The largest absolute Gasteiger partial charge is 1.00 e. The van der Waals surface area contributed by atoms with E-state index in [1.165, 1.54) is 0 Å². The monoisotopic (exact) mass is 354 g/mol. The summed E-state index contributed by atoms with van der Waals surface area (Å²) in [6, 6.07) is 0. The Kier molecular flexibility index (Phi) is 280000. The van der Waals surface area contributed by atoms with Crippen molar-refractivity contribution >= 4 is 0 Å². The van der Waals surface area contributed by atoms with Crippen molar-refractivity contribution in [3.05, 3.63) is 0 Å². The molecule has 0 nitrogen and oxygen atoms in total.